The summed E-state index contributed by atoms with van der Waals surface area (Å²) in [5.74, 6) is 0. The van der Waals surface area contributed by atoms with Gasteiger partial charge in [0.15, 0.2) is 0 Å². The van der Waals surface area contributed by atoms with Gasteiger partial charge in [0.25, 0.3) is 0 Å². The van der Waals surface area contributed by atoms with Crippen LogP contribution in [-0.2, 0) is 6.42 Å². The molecule has 4 heteroatoms. The molecule has 0 saturated carbocycles. The van der Waals surface area contributed by atoms with E-state index >= 15 is 0 Å². The fourth-order valence-corrected chi connectivity index (χ4v) is 1.89. The van der Waals surface area contributed by atoms with Gasteiger partial charge < -0.3 is 11.1 Å². The topological polar surface area (TPSA) is 38.0 Å². The highest BCUT2D eigenvalue weighted by molar-refractivity contribution is 5.85. The molecule has 3 N–H and O–H groups in total. The zero-order valence-electron chi connectivity index (χ0n) is 8.82. The van der Waals surface area contributed by atoms with Crippen molar-refractivity contribution in [3.05, 3.63) is 29.3 Å². The molecule has 0 amide bonds. The van der Waals surface area contributed by atoms with Crippen molar-refractivity contribution in [3.8, 4) is 0 Å². The molecule has 0 spiro atoms. The summed E-state index contributed by atoms with van der Waals surface area (Å²) < 4.78 is 0. The molecule has 2 nitrogen and oxygen atoms in total. The zero-order valence-corrected chi connectivity index (χ0v) is 10.5. The number of rotatable bonds is 2. The zero-order chi connectivity index (χ0) is 9.26. The van der Waals surface area contributed by atoms with E-state index in [2.05, 4.69) is 30.4 Å². The summed E-state index contributed by atoms with van der Waals surface area (Å²) in [5.41, 5.74) is 10.0. The molecule has 15 heavy (non-hydrogen) atoms. The number of benzene rings is 1. The van der Waals surface area contributed by atoms with E-state index in [9.17, 15) is 0 Å². The smallest absolute Gasteiger partial charge is 0.0421 e. The molecule has 0 aliphatic carbocycles. The molecule has 1 atom stereocenters. The predicted octanol–water partition coefficient (Wildman–Crippen LogP) is 2.91. The third-order valence-electron chi connectivity index (χ3n) is 2.72. The van der Waals surface area contributed by atoms with Gasteiger partial charge in [-0.15, -0.1) is 24.8 Å². The van der Waals surface area contributed by atoms with Crippen LogP contribution < -0.4 is 11.1 Å². The number of hydrogen-bond acceptors (Lipinski definition) is 2. The van der Waals surface area contributed by atoms with Crippen LogP contribution in [0.1, 0.15) is 30.5 Å². The van der Waals surface area contributed by atoms with Gasteiger partial charge in [0.1, 0.15) is 0 Å². The minimum atomic E-state index is 0. The van der Waals surface area contributed by atoms with E-state index in [1.165, 1.54) is 16.8 Å². The van der Waals surface area contributed by atoms with Gasteiger partial charge in [0.2, 0.25) is 0 Å². The highest BCUT2D eigenvalue weighted by Gasteiger charge is 2.16. The van der Waals surface area contributed by atoms with Crippen molar-refractivity contribution in [2.24, 2.45) is 5.73 Å². The number of nitrogens with two attached hydrogens (primary N) is 1. The summed E-state index contributed by atoms with van der Waals surface area (Å²) in [6, 6.07) is 6.60. The summed E-state index contributed by atoms with van der Waals surface area (Å²) in [7, 11) is 0. The summed E-state index contributed by atoms with van der Waals surface area (Å²) in [5, 5.41) is 3.40. The standard InChI is InChI=1S/C11H16N2.2ClH/c1-2-10(12)9-5-3-4-8-6-7-13-11(8)9;;/h3-5,10,13H,2,6-7,12H2,1H3;2*1H/t10-;;/m1../s1. The lowest BCUT2D eigenvalue weighted by atomic mass is 10.0. The first-order chi connectivity index (χ1) is 6.33. The minimum absolute atomic E-state index is 0. The maximum atomic E-state index is 6.03. The van der Waals surface area contributed by atoms with E-state index in [0.29, 0.717) is 0 Å². The third-order valence-corrected chi connectivity index (χ3v) is 2.72. The Morgan fingerprint density at radius 3 is 2.80 bits per heavy atom. The Morgan fingerprint density at radius 1 is 1.40 bits per heavy atom. The first-order valence-electron chi connectivity index (χ1n) is 4.94. The molecular formula is C11H18Cl2N2. The maximum Gasteiger partial charge on any atom is 0.0421 e. The average Bonchev–Trinajstić information content (AvgIpc) is 2.63. The SMILES string of the molecule is CC[C@@H](N)c1cccc2c1NCC2.Cl.Cl. The van der Waals surface area contributed by atoms with Gasteiger partial charge in [0.05, 0.1) is 0 Å². The molecule has 1 heterocycles. The number of fused-ring (bicyclic) bond motifs is 1. The van der Waals surface area contributed by atoms with Crippen LogP contribution in [0.15, 0.2) is 18.2 Å². The molecule has 0 saturated heterocycles. The van der Waals surface area contributed by atoms with Crippen LogP contribution in [0.2, 0.25) is 0 Å². The van der Waals surface area contributed by atoms with Gasteiger partial charge in [-0.05, 0) is 24.0 Å². The van der Waals surface area contributed by atoms with Crippen LogP contribution >= 0.6 is 24.8 Å². The van der Waals surface area contributed by atoms with Gasteiger partial charge in [-0.25, -0.2) is 0 Å². The molecule has 0 aromatic heterocycles. The van der Waals surface area contributed by atoms with Gasteiger partial charge in [-0.1, -0.05) is 25.1 Å². The lowest BCUT2D eigenvalue weighted by Crippen LogP contribution is -2.10. The van der Waals surface area contributed by atoms with E-state index in [4.69, 9.17) is 5.73 Å². The average molecular weight is 249 g/mol. The fraction of sp³-hybridized carbons (Fsp3) is 0.455. The molecule has 86 valence electrons. The first kappa shape index (κ1) is 14.6. The molecule has 1 aromatic carbocycles. The summed E-state index contributed by atoms with van der Waals surface area (Å²) in [6.07, 6.45) is 2.14. The highest BCUT2D eigenvalue weighted by Crippen LogP contribution is 2.30. The van der Waals surface area contributed by atoms with Crippen molar-refractivity contribution >= 4 is 30.5 Å². The Hall–Kier alpha value is -0.440. The van der Waals surface area contributed by atoms with Crippen molar-refractivity contribution < 1.29 is 0 Å². The van der Waals surface area contributed by atoms with Crippen LogP contribution in [0.25, 0.3) is 0 Å². The monoisotopic (exact) mass is 248 g/mol. The summed E-state index contributed by atoms with van der Waals surface area (Å²) >= 11 is 0. The van der Waals surface area contributed by atoms with Crippen LogP contribution in [0.3, 0.4) is 0 Å². The second kappa shape index (κ2) is 6.21. The Labute approximate surface area is 103 Å². The van der Waals surface area contributed by atoms with E-state index in [1.807, 2.05) is 0 Å². The summed E-state index contributed by atoms with van der Waals surface area (Å²) in [4.78, 5) is 0. The number of anilines is 1. The van der Waals surface area contributed by atoms with Crippen LogP contribution in [-0.4, -0.2) is 6.54 Å². The molecule has 0 bridgehead atoms. The van der Waals surface area contributed by atoms with Gasteiger partial charge in [-0.3, -0.25) is 0 Å². The van der Waals surface area contributed by atoms with Crippen LogP contribution in [0.5, 0.6) is 0 Å². The van der Waals surface area contributed by atoms with Crippen molar-refractivity contribution in [1.29, 1.82) is 0 Å². The second-order valence-electron chi connectivity index (χ2n) is 3.57. The van der Waals surface area contributed by atoms with Crippen molar-refractivity contribution in [2.45, 2.75) is 25.8 Å². The lowest BCUT2D eigenvalue weighted by molar-refractivity contribution is 0.700. The fourth-order valence-electron chi connectivity index (χ4n) is 1.89. The molecular weight excluding hydrogens is 231 g/mol. The Bertz CT molecular complexity index is 315. The second-order valence-corrected chi connectivity index (χ2v) is 3.57. The molecule has 0 unspecified atom stereocenters. The van der Waals surface area contributed by atoms with E-state index < -0.39 is 0 Å². The molecule has 1 aliphatic heterocycles. The summed E-state index contributed by atoms with van der Waals surface area (Å²) in [6.45, 7) is 3.18. The van der Waals surface area contributed by atoms with Crippen molar-refractivity contribution in [2.75, 3.05) is 11.9 Å². The minimum Gasteiger partial charge on any atom is -0.384 e. The van der Waals surface area contributed by atoms with Crippen LogP contribution in [0.4, 0.5) is 5.69 Å². The molecule has 1 aliphatic rings. The molecule has 0 radical (unpaired) electrons. The van der Waals surface area contributed by atoms with Crippen LogP contribution in [0, 0.1) is 0 Å². The molecule has 1 aromatic rings. The van der Waals surface area contributed by atoms with E-state index in [1.54, 1.807) is 0 Å². The Kier molecular flexibility index (Phi) is 6.03. The maximum absolute atomic E-state index is 6.03. The van der Waals surface area contributed by atoms with Crippen molar-refractivity contribution in [3.63, 3.8) is 0 Å². The normalized spacial score (nSPS) is 14.3. The lowest BCUT2D eigenvalue weighted by Gasteiger charge is -2.14. The van der Waals surface area contributed by atoms with Gasteiger partial charge in [0, 0.05) is 18.3 Å². The molecule has 2 rings (SSSR count). The largest absolute Gasteiger partial charge is 0.384 e. The third kappa shape index (κ3) is 2.77. The quantitative estimate of drug-likeness (QED) is 0.845. The number of para-hydroxylation sites is 1. The van der Waals surface area contributed by atoms with E-state index in [-0.39, 0.29) is 30.9 Å². The number of nitrogens with one attached hydrogen (secondary N) is 1. The number of halogens is 2. The highest BCUT2D eigenvalue weighted by atomic mass is 35.5. The first-order valence-corrected chi connectivity index (χ1v) is 4.94. The van der Waals surface area contributed by atoms with Crippen molar-refractivity contribution in [1.82, 2.24) is 0 Å². The van der Waals surface area contributed by atoms with E-state index in [0.717, 1.165) is 19.4 Å². The predicted molar refractivity (Wildman–Crippen MR) is 70.4 cm³/mol. The van der Waals surface area contributed by atoms with Gasteiger partial charge >= 0.3 is 0 Å². The molecule has 0 fully saturated rings. The van der Waals surface area contributed by atoms with Gasteiger partial charge in [-0.2, -0.15) is 0 Å². The Balaban J connectivity index is 0.000000980. The number of hydrogen-bond donors (Lipinski definition) is 2. The Morgan fingerprint density at radius 2 is 2.13 bits per heavy atom.